The first kappa shape index (κ1) is 12.0. The molecule has 1 heterocycles. The SMILES string of the molecule is CCC(C)N(C)CC1CN(C)CCN1. The normalized spacial score (nSPS) is 26.8. The molecule has 1 saturated heterocycles. The van der Waals surface area contributed by atoms with E-state index in [1.165, 1.54) is 26.1 Å². The third-order valence-corrected chi connectivity index (χ3v) is 3.31. The third kappa shape index (κ3) is 3.56. The highest BCUT2D eigenvalue weighted by atomic mass is 15.2. The van der Waals surface area contributed by atoms with Gasteiger partial charge in [-0.1, -0.05) is 6.92 Å². The quantitative estimate of drug-likeness (QED) is 0.716. The van der Waals surface area contributed by atoms with Crippen LogP contribution >= 0.6 is 0 Å². The number of likely N-dealkylation sites (N-methyl/N-ethyl adjacent to an activating group) is 2. The molecule has 0 saturated carbocycles. The molecule has 84 valence electrons. The van der Waals surface area contributed by atoms with E-state index < -0.39 is 0 Å². The molecule has 0 radical (unpaired) electrons. The number of rotatable bonds is 4. The summed E-state index contributed by atoms with van der Waals surface area (Å²) in [5.74, 6) is 0. The first-order chi connectivity index (χ1) is 6.63. The van der Waals surface area contributed by atoms with Gasteiger partial charge < -0.3 is 15.1 Å². The van der Waals surface area contributed by atoms with Crippen LogP contribution in [0.2, 0.25) is 0 Å². The van der Waals surface area contributed by atoms with E-state index in [1.54, 1.807) is 0 Å². The Bertz CT molecular complexity index is 161. The molecule has 1 aliphatic heterocycles. The van der Waals surface area contributed by atoms with Crippen molar-refractivity contribution in [1.82, 2.24) is 15.1 Å². The molecule has 0 amide bonds. The number of nitrogens with zero attached hydrogens (tertiary/aromatic N) is 2. The third-order valence-electron chi connectivity index (χ3n) is 3.31. The maximum Gasteiger partial charge on any atom is 0.0323 e. The van der Waals surface area contributed by atoms with Gasteiger partial charge in [0.2, 0.25) is 0 Å². The Hall–Kier alpha value is -0.120. The van der Waals surface area contributed by atoms with Crippen LogP contribution in [0.25, 0.3) is 0 Å². The summed E-state index contributed by atoms with van der Waals surface area (Å²) in [7, 11) is 4.43. The van der Waals surface area contributed by atoms with E-state index >= 15 is 0 Å². The van der Waals surface area contributed by atoms with Gasteiger partial charge in [0.25, 0.3) is 0 Å². The standard InChI is InChI=1S/C11H25N3/c1-5-10(2)14(4)9-11-8-13(3)7-6-12-11/h10-12H,5-9H2,1-4H3. The number of hydrogen-bond donors (Lipinski definition) is 1. The second kappa shape index (κ2) is 5.69. The van der Waals surface area contributed by atoms with Crippen LogP contribution in [0, 0.1) is 0 Å². The fourth-order valence-electron chi connectivity index (χ4n) is 1.95. The topological polar surface area (TPSA) is 18.5 Å². The Kier molecular flexibility index (Phi) is 4.85. The first-order valence-electron chi connectivity index (χ1n) is 5.75. The van der Waals surface area contributed by atoms with Gasteiger partial charge in [-0.2, -0.15) is 0 Å². The van der Waals surface area contributed by atoms with Gasteiger partial charge in [-0.15, -0.1) is 0 Å². The zero-order valence-electron chi connectivity index (χ0n) is 10.1. The van der Waals surface area contributed by atoms with Gasteiger partial charge in [-0.05, 0) is 27.4 Å². The van der Waals surface area contributed by atoms with E-state index in [1.807, 2.05) is 0 Å². The summed E-state index contributed by atoms with van der Waals surface area (Å²) in [5.41, 5.74) is 0. The molecule has 1 aliphatic rings. The average molecular weight is 199 g/mol. The fraction of sp³-hybridized carbons (Fsp3) is 1.00. The average Bonchev–Trinajstić information content (AvgIpc) is 2.16. The molecule has 1 N–H and O–H groups in total. The molecule has 1 rings (SSSR count). The van der Waals surface area contributed by atoms with Gasteiger partial charge in [-0.3, -0.25) is 0 Å². The van der Waals surface area contributed by atoms with Crippen LogP contribution in [0.1, 0.15) is 20.3 Å². The van der Waals surface area contributed by atoms with Gasteiger partial charge in [0, 0.05) is 38.3 Å². The van der Waals surface area contributed by atoms with Gasteiger partial charge in [0.05, 0.1) is 0 Å². The molecule has 3 heteroatoms. The summed E-state index contributed by atoms with van der Waals surface area (Å²) < 4.78 is 0. The lowest BCUT2D eigenvalue weighted by atomic mass is 10.1. The molecule has 1 fully saturated rings. The Morgan fingerprint density at radius 2 is 2.29 bits per heavy atom. The van der Waals surface area contributed by atoms with Crippen molar-refractivity contribution in [3.63, 3.8) is 0 Å². The number of piperazine rings is 1. The summed E-state index contributed by atoms with van der Waals surface area (Å²) in [6.45, 7) is 9.22. The number of hydrogen-bond acceptors (Lipinski definition) is 3. The molecular formula is C11H25N3. The van der Waals surface area contributed by atoms with Crippen molar-refractivity contribution in [2.45, 2.75) is 32.4 Å². The van der Waals surface area contributed by atoms with Crippen molar-refractivity contribution >= 4 is 0 Å². The molecule has 0 aromatic carbocycles. The second-order valence-corrected chi connectivity index (χ2v) is 4.61. The fourth-order valence-corrected chi connectivity index (χ4v) is 1.95. The minimum atomic E-state index is 0.646. The van der Waals surface area contributed by atoms with E-state index in [0.717, 1.165) is 6.54 Å². The Labute approximate surface area is 88.5 Å². The van der Waals surface area contributed by atoms with Crippen molar-refractivity contribution < 1.29 is 0 Å². The lowest BCUT2D eigenvalue weighted by molar-refractivity contribution is 0.170. The predicted molar refractivity (Wildman–Crippen MR) is 61.7 cm³/mol. The van der Waals surface area contributed by atoms with Crippen molar-refractivity contribution in [1.29, 1.82) is 0 Å². The minimum absolute atomic E-state index is 0.646. The highest BCUT2D eigenvalue weighted by Gasteiger charge is 2.19. The molecule has 0 aromatic rings. The molecule has 0 aromatic heterocycles. The van der Waals surface area contributed by atoms with E-state index in [-0.39, 0.29) is 0 Å². The summed E-state index contributed by atoms with van der Waals surface area (Å²) in [6.07, 6.45) is 1.24. The summed E-state index contributed by atoms with van der Waals surface area (Å²) >= 11 is 0. The largest absolute Gasteiger partial charge is 0.310 e. The van der Waals surface area contributed by atoms with Crippen LogP contribution in [-0.4, -0.2) is 62.2 Å². The van der Waals surface area contributed by atoms with Crippen molar-refractivity contribution in [2.24, 2.45) is 0 Å². The first-order valence-corrected chi connectivity index (χ1v) is 5.75. The van der Waals surface area contributed by atoms with E-state index in [9.17, 15) is 0 Å². The van der Waals surface area contributed by atoms with Crippen LogP contribution in [0.3, 0.4) is 0 Å². The molecule has 0 spiro atoms. The van der Waals surface area contributed by atoms with Gasteiger partial charge in [-0.25, -0.2) is 0 Å². The van der Waals surface area contributed by atoms with Gasteiger partial charge >= 0.3 is 0 Å². The Morgan fingerprint density at radius 3 is 2.86 bits per heavy atom. The molecule has 2 unspecified atom stereocenters. The minimum Gasteiger partial charge on any atom is -0.310 e. The highest BCUT2D eigenvalue weighted by molar-refractivity contribution is 4.80. The van der Waals surface area contributed by atoms with E-state index in [4.69, 9.17) is 0 Å². The lowest BCUT2D eigenvalue weighted by Gasteiger charge is -2.35. The summed E-state index contributed by atoms with van der Waals surface area (Å²) in [5, 5.41) is 3.58. The van der Waals surface area contributed by atoms with Crippen LogP contribution < -0.4 is 5.32 Å². The van der Waals surface area contributed by atoms with Crippen LogP contribution in [0.15, 0.2) is 0 Å². The molecule has 2 atom stereocenters. The maximum absolute atomic E-state index is 3.58. The molecule has 0 bridgehead atoms. The second-order valence-electron chi connectivity index (χ2n) is 4.61. The van der Waals surface area contributed by atoms with Crippen molar-refractivity contribution in [3.05, 3.63) is 0 Å². The zero-order valence-corrected chi connectivity index (χ0v) is 10.1. The Morgan fingerprint density at radius 1 is 1.57 bits per heavy atom. The van der Waals surface area contributed by atoms with E-state index in [2.05, 4.69) is 43.1 Å². The van der Waals surface area contributed by atoms with Crippen LogP contribution in [0.4, 0.5) is 0 Å². The molecule has 3 nitrogen and oxygen atoms in total. The Balaban J connectivity index is 2.28. The maximum atomic E-state index is 3.58. The van der Waals surface area contributed by atoms with Crippen LogP contribution in [-0.2, 0) is 0 Å². The monoisotopic (exact) mass is 199 g/mol. The molecule has 14 heavy (non-hydrogen) atoms. The highest BCUT2D eigenvalue weighted by Crippen LogP contribution is 2.03. The molecular weight excluding hydrogens is 174 g/mol. The van der Waals surface area contributed by atoms with Gasteiger partial charge in [0.1, 0.15) is 0 Å². The van der Waals surface area contributed by atoms with E-state index in [0.29, 0.717) is 12.1 Å². The predicted octanol–water partition coefficient (Wildman–Crippen LogP) is 0.620. The lowest BCUT2D eigenvalue weighted by Crippen LogP contribution is -2.54. The number of nitrogens with one attached hydrogen (secondary N) is 1. The molecule has 0 aliphatic carbocycles. The summed E-state index contributed by atoms with van der Waals surface area (Å²) in [4.78, 5) is 4.86. The van der Waals surface area contributed by atoms with Gasteiger partial charge in [0.15, 0.2) is 0 Å². The van der Waals surface area contributed by atoms with Crippen molar-refractivity contribution in [2.75, 3.05) is 40.3 Å². The van der Waals surface area contributed by atoms with Crippen LogP contribution in [0.5, 0.6) is 0 Å². The zero-order chi connectivity index (χ0) is 10.6. The van der Waals surface area contributed by atoms with Crippen molar-refractivity contribution in [3.8, 4) is 0 Å². The smallest absolute Gasteiger partial charge is 0.0323 e. The summed E-state index contributed by atoms with van der Waals surface area (Å²) in [6, 6.07) is 1.34.